The van der Waals surface area contributed by atoms with Gasteiger partial charge < -0.3 is 11.1 Å². The predicted molar refractivity (Wildman–Crippen MR) is 56.9 cm³/mol. The van der Waals surface area contributed by atoms with Crippen LogP contribution in [0.4, 0.5) is 11.5 Å². The minimum Gasteiger partial charge on any atom is -0.396 e. The zero-order valence-electron chi connectivity index (χ0n) is 7.42. The van der Waals surface area contributed by atoms with E-state index in [2.05, 4.69) is 16.9 Å². The van der Waals surface area contributed by atoms with Crippen molar-refractivity contribution in [3.05, 3.63) is 29.9 Å². The first-order valence-corrected chi connectivity index (χ1v) is 4.32. The highest BCUT2D eigenvalue weighted by Crippen LogP contribution is 2.18. The molecule has 0 fully saturated rings. The molecule has 0 aliphatic rings. The second-order valence-electron chi connectivity index (χ2n) is 2.74. The number of nitrogens with two attached hydrogens (primary N) is 1. The fourth-order valence-electron chi connectivity index (χ4n) is 0.836. The van der Waals surface area contributed by atoms with Gasteiger partial charge in [-0.1, -0.05) is 17.7 Å². The Hall–Kier alpha value is -1.22. The van der Waals surface area contributed by atoms with Crippen LogP contribution in [-0.2, 0) is 0 Å². The van der Waals surface area contributed by atoms with Crippen molar-refractivity contribution in [1.82, 2.24) is 4.98 Å². The van der Waals surface area contributed by atoms with E-state index in [0.29, 0.717) is 16.7 Å². The van der Waals surface area contributed by atoms with E-state index in [1.165, 1.54) is 0 Å². The lowest BCUT2D eigenvalue weighted by Gasteiger charge is -2.11. The van der Waals surface area contributed by atoms with Gasteiger partial charge in [-0.3, -0.25) is 0 Å². The number of nitrogens with one attached hydrogen (secondary N) is 1. The molecular weight excluding hydrogens is 186 g/mol. The van der Waals surface area contributed by atoms with Crippen molar-refractivity contribution >= 4 is 23.1 Å². The van der Waals surface area contributed by atoms with Crippen molar-refractivity contribution in [3.8, 4) is 0 Å². The number of anilines is 2. The van der Waals surface area contributed by atoms with Gasteiger partial charge in [-0.15, -0.1) is 6.58 Å². The monoisotopic (exact) mass is 197 g/mol. The summed E-state index contributed by atoms with van der Waals surface area (Å²) in [6.07, 6.45) is 1.77. The van der Waals surface area contributed by atoms with Crippen molar-refractivity contribution in [3.63, 3.8) is 0 Å². The highest BCUT2D eigenvalue weighted by Gasteiger charge is 2.03. The van der Waals surface area contributed by atoms with E-state index in [0.717, 1.165) is 0 Å². The molecule has 13 heavy (non-hydrogen) atoms. The van der Waals surface area contributed by atoms with Gasteiger partial charge in [-0.25, -0.2) is 4.98 Å². The molecule has 0 aliphatic carbocycles. The SMILES string of the molecule is C=CC(C)Nc1nc(Cl)ccc1N. The van der Waals surface area contributed by atoms with Gasteiger partial charge in [0.2, 0.25) is 0 Å². The fourth-order valence-corrected chi connectivity index (χ4v) is 0.984. The molecule has 4 heteroatoms. The smallest absolute Gasteiger partial charge is 0.151 e. The minimum atomic E-state index is 0.119. The summed E-state index contributed by atoms with van der Waals surface area (Å²) in [6.45, 7) is 5.60. The molecule has 70 valence electrons. The van der Waals surface area contributed by atoms with Gasteiger partial charge in [0.05, 0.1) is 5.69 Å². The largest absolute Gasteiger partial charge is 0.396 e. The summed E-state index contributed by atoms with van der Waals surface area (Å²) in [5.41, 5.74) is 6.26. The maximum Gasteiger partial charge on any atom is 0.151 e. The topological polar surface area (TPSA) is 50.9 Å². The molecule has 1 heterocycles. The summed E-state index contributed by atoms with van der Waals surface area (Å²) in [7, 11) is 0. The van der Waals surface area contributed by atoms with E-state index in [-0.39, 0.29) is 6.04 Å². The second-order valence-corrected chi connectivity index (χ2v) is 3.13. The molecule has 1 rings (SSSR count). The molecule has 0 aromatic carbocycles. The molecule has 0 saturated carbocycles. The number of hydrogen-bond donors (Lipinski definition) is 2. The summed E-state index contributed by atoms with van der Waals surface area (Å²) >= 11 is 5.71. The van der Waals surface area contributed by atoms with E-state index >= 15 is 0 Å². The third-order valence-electron chi connectivity index (χ3n) is 1.61. The Morgan fingerprint density at radius 2 is 2.38 bits per heavy atom. The molecule has 0 spiro atoms. The molecule has 0 saturated heterocycles. The van der Waals surface area contributed by atoms with Gasteiger partial charge in [0.15, 0.2) is 5.82 Å². The Bertz CT molecular complexity index is 312. The summed E-state index contributed by atoms with van der Waals surface area (Å²) < 4.78 is 0. The number of aromatic nitrogens is 1. The lowest BCUT2D eigenvalue weighted by molar-refractivity contribution is 0.985. The lowest BCUT2D eigenvalue weighted by Crippen LogP contribution is -2.13. The van der Waals surface area contributed by atoms with Gasteiger partial charge in [-0.2, -0.15) is 0 Å². The van der Waals surface area contributed by atoms with Crippen LogP contribution in [0.3, 0.4) is 0 Å². The van der Waals surface area contributed by atoms with Crippen molar-refractivity contribution in [1.29, 1.82) is 0 Å². The molecule has 1 unspecified atom stereocenters. The van der Waals surface area contributed by atoms with Gasteiger partial charge in [0, 0.05) is 6.04 Å². The highest BCUT2D eigenvalue weighted by molar-refractivity contribution is 6.29. The van der Waals surface area contributed by atoms with E-state index in [4.69, 9.17) is 17.3 Å². The van der Waals surface area contributed by atoms with Crippen LogP contribution in [0, 0.1) is 0 Å². The molecular formula is C9H12ClN3. The average molecular weight is 198 g/mol. The fraction of sp³-hybridized carbons (Fsp3) is 0.222. The first kappa shape index (κ1) is 9.86. The van der Waals surface area contributed by atoms with Crippen molar-refractivity contribution < 1.29 is 0 Å². The third-order valence-corrected chi connectivity index (χ3v) is 1.82. The van der Waals surface area contributed by atoms with Gasteiger partial charge in [-0.05, 0) is 19.1 Å². The third kappa shape index (κ3) is 2.63. The molecule has 0 bridgehead atoms. The summed E-state index contributed by atoms with van der Waals surface area (Å²) in [4.78, 5) is 4.04. The molecule has 1 aromatic rings. The van der Waals surface area contributed by atoms with Crippen molar-refractivity contribution in [2.75, 3.05) is 11.1 Å². The molecule has 0 aliphatic heterocycles. The Labute approximate surface area is 82.6 Å². The highest BCUT2D eigenvalue weighted by atomic mass is 35.5. The maximum atomic E-state index is 5.71. The van der Waals surface area contributed by atoms with Crippen LogP contribution in [0.1, 0.15) is 6.92 Å². The molecule has 1 aromatic heterocycles. The van der Waals surface area contributed by atoms with Crippen LogP contribution in [0.15, 0.2) is 24.8 Å². The Balaban J connectivity index is 2.86. The van der Waals surface area contributed by atoms with E-state index in [1.54, 1.807) is 18.2 Å². The maximum absolute atomic E-state index is 5.71. The second kappa shape index (κ2) is 4.14. The number of nitrogens with zero attached hydrogens (tertiary/aromatic N) is 1. The number of nitrogen functional groups attached to an aromatic ring is 1. The minimum absolute atomic E-state index is 0.119. The normalized spacial score (nSPS) is 12.2. The van der Waals surface area contributed by atoms with Crippen LogP contribution < -0.4 is 11.1 Å². The van der Waals surface area contributed by atoms with Crippen LogP contribution in [0.5, 0.6) is 0 Å². The zero-order chi connectivity index (χ0) is 9.84. The number of pyridine rings is 1. The van der Waals surface area contributed by atoms with E-state index in [9.17, 15) is 0 Å². The van der Waals surface area contributed by atoms with Crippen molar-refractivity contribution in [2.45, 2.75) is 13.0 Å². The summed E-state index contributed by atoms with van der Waals surface area (Å²) in [5, 5.41) is 3.49. The number of hydrogen-bond acceptors (Lipinski definition) is 3. The van der Waals surface area contributed by atoms with Gasteiger partial charge >= 0.3 is 0 Å². The van der Waals surface area contributed by atoms with Crippen LogP contribution in [-0.4, -0.2) is 11.0 Å². The average Bonchev–Trinajstić information content (AvgIpc) is 2.11. The van der Waals surface area contributed by atoms with E-state index in [1.807, 2.05) is 6.92 Å². The van der Waals surface area contributed by atoms with Gasteiger partial charge in [0.25, 0.3) is 0 Å². The quantitative estimate of drug-likeness (QED) is 0.578. The van der Waals surface area contributed by atoms with Crippen LogP contribution >= 0.6 is 11.6 Å². The number of rotatable bonds is 3. The van der Waals surface area contributed by atoms with Gasteiger partial charge in [0.1, 0.15) is 5.15 Å². The first-order chi connectivity index (χ1) is 6.13. The Morgan fingerprint density at radius 3 is 3.00 bits per heavy atom. The summed E-state index contributed by atoms with van der Waals surface area (Å²) in [5.74, 6) is 0.597. The zero-order valence-corrected chi connectivity index (χ0v) is 8.17. The molecule has 0 amide bonds. The standard InChI is InChI=1S/C9H12ClN3/c1-3-6(2)12-9-7(11)4-5-8(10)13-9/h3-6H,1,11H2,2H3,(H,12,13). The Morgan fingerprint density at radius 1 is 1.69 bits per heavy atom. The predicted octanol–water partition coefficient (Wildman–Crippen LogP) is 2.30. The molecule has 1 atom stereocenters. The number of halogens is 1. The lowest BCUT2D eigenvalue weighted by atomic mass is 10.3. The first-order valence-electron chi connectivity index (χ1n) is 3.94. The Kier molecular flexibility index (Phi) is 3.14. The van der Waals surface area contributed by atoms with E-state index < -0.39 is 0 Å². The van der Waals surface area contributed by atoms with Crippen LogP contribution in [0.25, 0.3) is 0 Å². The van der Waals surface area contributed by atoms with Crippen molar-refractivity contribution in [2.24, 2.45) is 0 Å². The summed E-state index contributed by atoms with van der Waals surface area (Å²) in [6, 6.07) is 3.49. The molecule has 3 nitrogen and oxygen atoms in total. The molecule has 3 N–H and O–H groups in total. The molecule has 0 radical (unpaired) electrons. The van der Waals surface area contributed by atoms with Crippen LogP contribution in [0.2, 0.25) is 5.15 Å².